The zero-order valence-electron chi connectivity index (χ0n) is 19.1. The van der Waals surface area contributed by atoms with Crippen LogP contribution in [0.25, 0.3) is 22.3 Å². The van der Waals surface area contributed by atoms with Crippen molar-refractivity contribution in [2.75, 3.05) is 13.2 Å². The quantitative estimate of drug-likeness (QED) is 0.273. The fourth-order valence-electron chi connectivity index (χ4n) is 4.06. The molecular weight excluding hydrogens is 444 g/mol. The van der Waals surface area contributed by atoms with Crippen LogP contribution in [0, 0.1) is 23.3 Å². The lowest BCUT2D eigenvalue weighted by Crippen LogP contribution is -2.29. The van der Waals surface area contributed by atoms with Crippen molar-refractivity contribution in [3.63, 3.8) is 0 Å². The van der Waals surface area contributed by atoms with E-state index in [4.69, 9.17) is 9.47 Å². The molecule has 178 valence electrons. The first-order chi connectivity index (χ1) is 16.4. The minimum atomic E-state index is -0.967. The maximum Gasteiger partial charge on any atom is 0.166 e. The Morgan fingerprint density at radius 2 is 1.29 bits per heavy atom. The summed E-state index contributed by atoms with van der Waals surface area (Å²) >= 11 is 0. The van der Waals surface area contributed by atoms with E-state index in [9.17, 15) is 17.6 Å². The molecule has 1 fully saturated rings. The third kappa shape index (κ3) is 4.93. The molecule has 0 radical (unpaired) electrons. The number of allylic oxidation sites excluding steroid dienone is 2. The topological polar surface area (TPSA) is 18.5 Å². The van der Waals surface area contributed by atoms with E-state index in [1.54, 1.807) is 43.3 Å². The molecule has 0 spiro atoms. The molecular formula is C28H26F4O2. The zero-order valence-corrected chi connectivity index (χ0v) is 19.1. The van der Waals surface area contributed by atoms with Crippen molar-refractivity contribution < 1.29 is 27.0 Å². The van der Waals surface area contributed by atoms with Gasteiger partial charge in [0.1, 0.15) is 0 Å². The van der Waals surface area contributed by atoms with Crippen LogP contribution in [0.5, 0.6) is 0 Å². The smallest absolute Gasteiger partial charge is 0.166 e. The molecule has 0 unspecified atom stereocenters. The second-order valence-electron chi connectivity index (χ2n) is 8.32. The highest BCUT2D eigenvalue weighted by molar-refractivity contribution is 5.71. The van der Waals surface area contributed by atoms with Crippen molar-refractivity contribution in [1.29, 1.82) is 0 Å². The highest BCUT2D eigenvalue weighted by Crippen LogP contribution is 2.33. The Morgan fingerprint density at radius 1 is 0.735 bits per heavy atom. The van der Waals surface area contributed by atoms with Crippen molar-refractivity contribution in [3.8, 4) is 22.3 Å². The van der Waals surface area contributed by atoms with Gasteiger partial charge in [-0.2, -0.15) is 0 Å². The largest absolute Gasteiger partial charge is 0.352 e. The van der Waals surface area contributed by atoms with Crippen LogP contribution < -0.4 is 0 Å². The molecule has 0 aromatic heterocycles. The van der Waals surface area contributed by atoms with E-state index < -0.39 is 23.3 Å². The summed E-state index contributed by atoms with van der Waals surface area (Å²) in [7, 11) is 0. The average molecular weight is 471 g/mol. The third-order valence-electron chi connectivity index (χ3n) is 6.03. The van der Waals surface area contributed by atoms with Gasteiger partial charge in [0.05, 0.1) is 13.2 Å². The zero-order chi connectivity index (χ0) is 24.2. The van der Waals surface area contributed by atoms with Gasteiger partial charge >= 0.3 is 0 Å². The van der Waals surface area contributed by atoms with Crippen molar-refractivity contribution in [2.45, 2.75) is 38.9 Å². The molecule has 1 aliphatic heterocycles. The second-order valence-corrected chi connectivity index (χ2v) is 8.32. The van der Waals surface area contributed by atoms with E-state index in [1.807, 2.05) is 13.0 Å². The highest BCUT2D eigenvalue weighted by Gasteiger charge is 2.26. The molecule has 0 amide bonds. The molecule has 0 atom stereocenters. The number of halogens is 4. The summed E-state index contributed by atoms with van der Waals surface area (Å²) in [5.74, 6) is -4.10. The second kappa shape index (κ2) is 10.5. The van der Waals surface area contributed by atoms with E-state index >= 15 is 0 Å². The van der Waals surface area contributed by atoms with Crippen molar-refractivity contribution >= 4 is 0 Å². The number of rotatable bonds is 6. The van der Waals surface area contributed by atoms with Crippen LogP contribution in [0.4, 0.5) is 17.6 Å². The molecule has 0 saturated carbocycles. The first-order valence-electron chi connectivity index (χ1n) is 11.3. The fraction of sp³-hybridized carbons (Fsp3) is 0.286. The van der Waals surface area contributed by atoms with Gasteiger partial charge in [-0.3, -0.25) is 0 Å². The lowest BCUT2D eigenvalue weighted by Gasteiger charge is -2.28. The number of benzene rings is 3. The molecule has 4 rings (SSSR count). The molecule has 6 heteroatoms. The predicted octanol–water partition coefficient (Wildman–Crippen LogP) is 7.56. The number of ether oxygens (including phenoxy) is 2. The number of hydrogen-bond acceptors (Lipinski definition) is 2. The van der Waals surface area contributed by atoms with Gasteiger partial charge < -0.3 is 9.47 Å². The van der Waals surface area contributed by atoms with Crippen LogP contribution in [0.3, 0.4) is 0 Å². The van der Waals surface area contributed by atoms with Gasteiger partial charge in [-0.15, -0.1) is 0 Å². The summed E-state index contributed by atoms with van der Waals surface area (Å²) in [5.41, 5.74) is 1.56. The Balaban J connectivity index is 1.58. The van der Waals surface area contributed by atoms with Crippen molar-refractivity contribution in [1.82, 2.24) is 0 Å². The molecule has 1 aliphatic rings. The Bertz CT molecular complexity index is 1180. The lowest BCUT2D eigenvalue weighted by atomic mass is 9.94. The minimum absolute atomic E-state index is 0.0866. The normalized spacial score (nSPS) is 18.5. The summed E-state index contributed by atoms with van der Waals surface area (Å²) in [6.07, 6.45) is 4.48. The van der Waals surface area contributed by atoms with Gasteiger partial charge in [-0.1, -0.05) is 67.6 Å². The molecule has 0 N–H and O–H groups in total. The molecule has 1 heterocycles. The maximum atomic E-state index is 14.9. The monoisotopic (exact) mass is 470 g/mol. The summed E-state index contributed by atoms with van der Waals surface area (Å²) in [5, 5.41) is 0. The SMILES string of the molecule is CC/C=C\Cc1ccc(-c2ccc(-c3ccc(C4COC(C)OC4)c(F)c3F)cc2)c(F)c1F. The summed E-state index contributed by atoms with van der Waals surface area (Å²) in [6.45, 7) is 4.22. The lowest BCUT2D eigenvalue weighted by molar-refractivity contribution is -0.176. The summed E-state index contributed by atoms with van der Waals surface area (Å²) < 4.78 is 69.8. The Labute approximate surface area is 196 Å². The fourth-order valence-corrected chi connectivity index (χ4v) is 4.06. The molecule has 34 heavy (non-hydrogen) atoms. The average Bonchev–Trinajstić information content (AvgIpc) is 2.85. The van der Waals surface area contributed by atoms with E-state index in [0.29, 0.717) is 17.5 Å². The van der Waals surface area contributed by atoms with Gasteiger partial charge in [-0.25, -0.2) is 17.6 Å². The Hall–Kier alpha value is -2.96. The molecule has 0 bridgehead atoms. The molecule has 0 aliphatic carbocycles. The summed E-state index contributed by atoms with van der Waals surface area (Å²) in [4.78, 5) is 0. The summed E-state index contributed by atoms with van der Waals surface area (Å²) in [6, 6.07) is 12.4. The Morgan fingerprint density at radius 3 is 1.88 bits per heavy atom. The van der Waals surface area contributed by atoms with E-state index in [-0.39, 0.29) is 47.7 Å². The highest BCUT2D eigenvalue weighted by atomic mass is 19.2. The standard InChI is InChI=1S/C28H26F4O2/c1-3-4-5-6-20-11-12-22(26(30)25(20)29)18-7-9-19(10-8-18)23-13-14-24(28(32)27(23)31)21-15-33-17(2)34-16-21/h4-5,7-14,17,21H,3,6,15-16H2,1-2H3/b5-4-. The van der Waals surface area contributed by atoms with Crippen molar-refractivity contribution in [2.24, 2.45) is 0 Å². The van der Waals surface area contributed by atoms with Gasteiger partial charge in [0.15, 0.2) is 29.6 Å². The Kier molecular flexibility index (Phi) is 7.49. The van der Waals surface area contributed by atoms with Crippen LogP contribution in [0.1, 0.15) is 37.3 Å². The number of hydrogen-bond donors (Lipinski definition) is 0. The first-order valence-corrected chi connectivity index (χ1v) is 11.3. The third-order valence-corrected chi connectivity index (χ3v) is 6.03. The van der Waals surface area contributed by atoms with Crippen LogP contribution in [-0.4, -0.2) is 19.5 Å². The molecule has 1 saturated heterocycles. The van der Waals surface area contributed by atoms with Gasteiger partial charge in [0.2, 0.25) is 0 Å². The van der Waals surface area contributed by atoms with Gasteiger partial charge in [0, 0.05) is 17.0 Å². The molecule has 2 nitrogen and oxygen atoms in total. The van der Waals surface area contributed by atoms with Crippen LogP contribution in [0.15, 0.2) is 60.7 Å². The van der Waals surface area contributed by atoms with Crippen LogP contribution in [-0.2, 0) is 15.9 Å². The molecule has 3 aromatic rings. The minimum Gasteiger partial charge on any atom is -0.352 e. The van der Waals surface area contributed by atoms with Gasteiger partial charge in [-0.05, 0) is 42.0 Å². The predicted molar refractivity (Wildman–Crippen MR) is 124 cm³/mol. The maximum absolute atomic E-state index is 14.9. The van der Waals surface area contributed by atoms with Crippen LogP contribution >= 0.6 is 0 Å². The first kappa shape index (κ1) is 24.2. The van der Waals surface area contributed by atoms with Crippen LogP contribution in [0.2, 0.25) is 0 Å². The van der Waals surface area contributed by atoms with E-state index in [2.05, 4.69) is 0 Å². The molecule has 3 aromatic carbocycles. The van der Waals surface area contributed by atoms with E-state index in [1.165, 1.54) is 18.2 Å². The van der Waals surface area contributed by atoms with E-state index in [0.717, 1.165) is 6.42 Å². The van der Waals surface area contributed by atoms with Gasteiger partial charge in [0.25, 0.3) is 0 Å². The van der Waals surface area contributed by atoms with Crippen molar-refractivity contribution in [3.05, 3.63) is 95.1 Å².